The molecule has 1 N–H and O–H groups in total. The molecule has 0 radical (unpaired) electrons. The molecule has 0 atom stereocenters. The summed E-state index contributed by atoms with van der Waals surface area (Å²) < 4.78 is 11.2. The Hall–Kier alpha value is -4.33. The van der Waals surface area contributed by atoms with Crippen LogP contribution in [0.5, 0.6) is 11.5 Å². The summed E-state index contributed by atoms with van der Waals surface area (Å²) in [4.78, 5) is 29.1. The highest BCUT2D eigenvalue weighted by Crippen LogP contribution is 2.38. The number of aryl methyl sites for hydroxylation is 6. The van der Waals surface area contributed by atoms with Crippen LogP contribution in [-0.2, 0) is 21.1 Å². The van der Waals surface area contributed by atoms with E-state index in [4.69, 9.17) is 4.74 Å². The molecular formula is C27H27N5O3. The van der Waals surface area contributed by atoms with Crippen molar-refractivity contribution in [2.45, 2.75) is 20.8 Å². The first-order valence-electron chi connectivity index (χ1n) is 11.3. The molecule has 0 aliphatic rings. The number of hydrogen-bond acceptors (Lipinski definition) is 4. The van der Waals surface area contributed by atoms with E-state index < -0.39 is 0 Å². The number of aromatic nitrogens is 5. The van der Waals surface area contributed by atoms with Crippen LogP contribution in [0.1, 0.15) is 16.8 Å². The maximum atomic E-state index is 13.0. The molecular weight excluding hydrogens is 442 g/mol. The largest absolute Gasteiger partial charge is 0.455 e. The van der Waals surface area contributed by atoms with Gasteiger partial charge < -0.3 is 18.9 Å². The summed E-state index contributed by atoms with van der Waals surface area (Å²) in [6, 6.07) is 11.4. The van der Waals surface area contributed by atoms with Crippen molar-refractivity contribution < 1.29 is 4.74 Å². The topological polar surface area (TPSA) is 86.8 Å². The highest BCUT2D eigenvalue weighted by Gasteiger charge is 2.20. The first-order chi connectivity index (χ1) is 16.6. The molecule has 5 rings (SSSR count). The lowest BCUT2D eigenvalue weighted by Gasteiger charge is -2.17. The maximum absolute atomic E-state index is 13.0. The van der Waals surface area contributed by atoms with Gasteiger partial charge in [0.1, 0.15) is 11.3 Å². The van der Waals surface area contributed by atoms with Gasteiger partial charge in [-0.15, -0.1) is 0 Å². The third kappa shape index (κ3) is 3.77. The Morgan fingerprint density at radius 3 is 2.26 bits per heavy atom. The van der Waals surface area contributed by atoms with Crippen LogP contribution in [0.25, 0.3) is 33.4 Å². The Morgan fingerprint density at radius 1 is 0.886 bits per heavy atom. The van der Waals surface area contributed by atoms with E-state index in [9.17, 15) is 9.59 Å². The van der Waals surface area contributed by atoms with Crippen LogP contribution in [0.4, 0.5) is 0 Å². The smallest absolute Gasteiger partial charge is 0.274 e. The van der Waals surface area contributed by atoms with Gasteiger partial charge in [-0.3, -0.25) is 14.3 Å². The Labute approximate surface area is 202 Å². The second-order valence-corrected chi connectivity index (χ2v) is 9.05. The van der Waals surface area contributed by atoms with Crippen molar-refractivity contribution in [3.8, 4) is 34.0 Å². The fourth-order valence-corrected chi connectivity index (χ4v) is 4.52. The van der Waals surface area contributed by atoms with Crippen LogP contribution in [0.3, 0.4) is 0 Å². The van der Waals surface area contributed by atoms with Gasteiger partial charge in [-0.05, 0) is 44.0 Å². The van der Waals surface area contributed by atoms with Gasteiger partial charge >= 0.3 is 0 Å². The molecule has 0 aliphatic carbocycles. The van der Waals surface area contributed by atoms with E-state index in [1.54, 1.807) is 37.2 Å². The number of hydrogen-bond donors (Lipinski definition) is 1. The Kier molecular flexibility index (Phi) is 5.24. The van der Waals surface area contributed by atoms with Crippen LogP contribution in [-0.4, -0.2) is 23.9 Å². The molecule has 0 fully saturated rings. The number of pyridine rings is 2. The summed E-state index contributed by atoms with van der Waals surface area (Å²) >= 11 is 0. The molecule has 0 spiro atoms. The fraction of sp³-hybridized carbons (Fsp3) is 0.222. The highest BCUT2D eigenvalue weighted by atomic mass is 16.5. The van der Waals surface area contributed by atoms with Crippen molar-refractivity contribution >= 4 is 10.9 Å². The van der Waals surface area contributed by atoms with Gasteiger partial charge in [-0.2, -0.15) is 5.10 Å². The lowest BCUT2D eigenvalue weighted by molar-refractivity contribution is 0.470. The number of H-pyrrole nitrogens is 1. The van der Waals surface area contributed by atoms with Gasteiger partial charge in [0.2, 0.25) is 0 Å². The van der Waals surface area contributed by atoms with Gasteiger partial charge in [0.05, 0.1) is 23.3 Å². The average molecular weight is 470 g/mol. The second kappa shape index (κ2) is 8.16. The minimum atomic E-state index is -0.172. The zero-order valence-corrected chi connectivity index (χ0v) is 20.6. The van der Waals surface area contributed by atoms with Crippen molar-refractivity contribution in [3.63, 3.8) is 0 Å². The van der Waals surface area contributed by atoms with E-state index in [2.05, 4.69) is 10.1 Å². The predicted molar refractivity (Wildman–Crippen MR) is 137 cm³/mol. The summed E-state index contributed by atoms with van der Waals surface area (Å²) in [5.74, 6) is 1.28. The third-order valence-electron chi connectivity index (χ3n) is 6.35. The fourth-order valence-electron chi connectivity index (χ4n) is 4.52. The summed E-state index contributed by atoms with van der Waals surface area (Å²) in [5, 5.41) is 5.14. The molecule has 1 aromatic carbocycles. The molecule has 4 heterocycles. The number of fused-ring (bicyclic) bond motifs is 1. The number of para-hydroxylation sites is 1. The molecule has 0 aliphatic heterocycles. The second-order valence-electron chi connectivity index (χ2n) is 9.05. The zero-order valence-electron chi connectivity index (χ0n) is 20.6. The molecule has 0 bridgehead atoms. The minimum Gasteiger partial charge on any atom is -0.455 e. The van der Waals surface area contributed by atoms with Crippen molar-refractivity contribution in [1.29, 1.82) is 0 Å². The average Bonchev–Trinajstić information content (AvgIpc) is 3.38. The predicted octanol–water partition coefficient (Wildman–Crippen LogP) is 4.35. The van der Waals surface area contributed by atoms with E-state index in [1.807, 2.05) is 58.2 Å². The standard InChI is InChI=1S/C27H27N5O3/c1-15-8-7-9-16(2)26(15)35-23-14-30(4)24(33)12-18(23)20-13-31(5)27(34)25-19(20)11-21(28-25)22-10-17(3)29-32(22)6/h7-14,28H,1-6H3. The zero-order chi connectivity index (χ0) is 25.0. The van der Waals surface area contributed by atoms with Crippen LogP contribution >= 0.6 is 0 Å². The van der Waals surface area contributed by atoms with Crippen LogP contribution < -0.4 is 15.9 Å². The summed E-state index contributed by atoms with van der Waals surface area (Å²) in [5.41, 5.74) is 5.96. The van der Waals surface area contributed by atoms with Gasteiger partial charge in [0, 0.05) is 49.9 Å². The SMILES string of the molecule is Cc1cc(-c2cc3c(-c4cc(=O)n(C)cc4Oc4c(C)cccc4C)cn(C)c(=O)c3[nH]2)n(C)n1. The number of rotatable bonds is 4. The van der Waals surface area contributed by atoms with Crippen LogP contribution in [0.15, 0.2) is 58.4 Å². The van der Waals surface area contributed by atoms with E-state index >= 15 is 0 Å². The molecule has 0 saturated carbocycles. The first-order valence-corrected chi connectivity index (χ1v) is 11.3. The van der Waals surface area contributed by atoms with E-state index in [-0.39, 0.29) is 11.1 Å². The van der Waals surface area contributed by atoms with Gasteiger partial charge in [0.15, 0.2) is 5.75 Å². The maximum Gasteiger partial charge on any atom is 0.274 e. The molecule has 4 aromatic heterocycles. The minimum absolute atomic E-state index is 0.157. The van der Waals surface area contributed by atoms with Crippen LogP contribution in [0.2, 0.25) is 0 Å². The third-order valence-corrected chi connectivity index (χ3v) is 6.35. The number of nitrogens with one attached hydrogen (secondary N) is 1. The van der Waals surface area contributed by atoms with Crippen molar-refractivity contribution in [1.82, 2.24) is 23.9 Å². The van der Waals surface area contributed by atoms with Crippen molar-refractivity contribution in [2.75, 3.05) is 0 Å². The van der Waals surface area contributed by atoms with Gasteiger partial charge in [-0.1, -0.05) is 18.2 Å². The normalized spacial score (nSPS) is 11.4. The quantitative estimate of drug-likeness (QED) is 0.424. The van der Waals surface area contributed by atoms with Crippen LogP contribution in [0, 0.1) is 20.8 Å². The van der Waals surface area contributed by atoms with Crippen molar-refractivity contribution in [2.24, 2.45) is 21.1 Å². The lowest BCUT2D eigenvalue weighted by atomic mass is 10.0. The molecule has 8 nitrogen and oxygen atoms in total. The van der Waals surface area contributed by atoms with E-state index in [0.29, 0.717) is 22.2 Å². The highest BCUT2D eigenvalue weighted by molar-refractivity contribution is 5.98. The molecule has 0 unspecified atom stereocenters. The number of benzene rings is 1. The van der Waals surface area contributed by atoms with E-state index in [1.165, 1.54) is 9.13 Å². The van der Waals surface area contributed by atoms with Crippen molar-refractivity contribution in [3.05, 3.63) is 86.3 Å². The van der Waals surface area contributed by atoms with E-state index in [0.717, 1.165) is 39.5 Å². The summed E-state index contributed by atoms with van der Waals surface area (Å²) in [6.07, 6.45) is 3.45. The molecule has 178 valence electrons. The monoisotopic (exact) mass is 469 g/mol. The number of ether oxygens (including phenoxy) is 1. The molecule has 0 amide bonds. The van der Waals surface area contributed by atoms with Gasteiger partial charge in [-0.25, -0.2) is 0 Å². The lowest BCUT2D eigenvalue weighted by Crippen LogP contribution is -2.18. The van der Waals surface area contributed by atoms with Gasteiger partial charge in [0.25, 0.3) is 11.1 Å². The molecule has 8 heteroatoms. The number of nitrogens with zero attached hydrogens (tertiary/aromatic N) is 4. The molecule has 5 aromatic rings. The molecule has 0 saturated heterocycles. The number of aromatic amines is 1. The first kappa shape index (κ1) is 22.5. The Bertz CT molecular complexity index is 1710. The summed E-state index contributed by atoms with van der Waals surface area (Å²) in [6.45, 7) is 5.90. The summed E-state index contributed by atoms with van der Waals surface area (Å²) in [7, 11) is 5.26. The molecule has 35 heavy (non-hydrogen) atoms. The Balaban J connectivity index is 1.78. The Morgan fingerprint density at radius 2 is 1.60 bits per heavy atom.